The molecule has 0 unspecified atom stereocenters. The second-order valence-electron chi connectivity index (χ2n) is 5.82. The van der Waals surface area contributed by atoms with Crippen LogP contribution in [0.2, 0.25) is 0 Å². The molecule has 2 aromatic carbocycles. The van der Waals surface area contributed by atoms with Gasteiger partial charge in [-0.2, -0.15) is 0 Å². The predicted molar refractivity (Wildman–Crippen MR) is 99.1 cm³/mol. The van der Waals surface area contributed by atoms with Crippen molar-refractivity contribution >= 4 is 17.4 Å². The number of hydrogen-bond donors (Lipinski definition) is 0. The zero-order valence-electron chi connectivity index (χ0n) is 15.3. The summed E-state index contributed by atoms with van der Waals surface area (Å²) in [5.74, 6) is -0.648. The first kappa shape index (κ1) is 20.1. The lowest BCUT2D eigenvalue weighted by Gasteiger charge is -2.10. The molecule has 0 bridgehead atoms. The van der Waals surface area contributed by atoms with Crippen molar-refractivity contribution in [2.75, 3.05) is 13.2 Å². The number of rotatable bonds is 9. The van der Waals surface area contributed by atoms with E-state index < -0.39 is 10.9 Å². The molecule has 0 radical (unpaired) electrons. The monoisotopic (exact) mass is 371 g/mol. The number of nitrogens with zero attached hydrogens (tertiary/aromatic N) is 1. The van der Waals surface area contributed by atoms with Gasteiger partial charge < -0.3 is 9.47 Å². The average molecular weight is 371 g/mol. The SMILES string of the molecule is CCc1ccc(CC)c(C(=O)COC(=O)COc2ccc([N+](=O)[O-])cc2)c1. The number of aryl methyl sites for hydroxylation is 2. The third-order valence-corrected chi connectivity index (χ3v) is 4.03. The summed E-state index contributed by atoms with van der Waals surface area (Å²) in [4.78, 5) is 34.3. The zero-order chi connectivity index (χ0) is 19.8. The van der Waals surface area contributed by atoms with Gasteiger partial charge in [-0.05, 0) is 42.2 Å². The standard InChI is InChI=1S/C20H21NO6/c1-3-14-5-6-15(4-2)18(11-14)19(22)12-27-20(23)13-26-17-9-7-16(8-10-17)21(24)25/h5-11H,3-4,12-13H2,1-2H3. The molecule has 0 aliphatic rings. The Morgan fingerprint density at radius 3 is 2.30 bits per heavy atom. The Bertz CT molecular complexity index is 829. The Hall–Kier alpha value is -3.22. The van der Waals surface area contributed by atoms with E-state index in [0.717, 1.165) is 17.5 Å². The molecular formula is C20H21NO6. The summed E-state index contributed by atoms with van der Waals surface area (Å²) in [6, 6.07) is 11.1. The number of ketones is 1. The van der Waals surface area contributed by atoms with Gasteiger partial charge in [0.2, 0.25) is 5.78 Å². The van der Waals surface area contributed by atoms with Crippen LogP contribution in [-0.2, 0) is 22.4 Å². The summed E-state index contributed by atoms with van der Waals surface area (Å²) in [6.07, 6.45) is 1.52. The highest BCUT2D eigenvalue weighted by Crippen LogP contribution is 2.17. The first-order chi connectivity index (χ1) is 12.9. The number of Topliss-reactive ketones (excluding diaryl/α,β-unsaturated/α-hetero) is 1. The molecule has 2 aromatic rings. The highest BCUT2D eigenvalue weighted by Gasteiger charge is 2.14. The predicted octanol–water partition coefficient (Wildman–Crippen LogP) is 3.52. The maximum atomic E-state index is 12.4. The molecule has 0 amide bonds. The van der Waals surface area contributed by atoms with Crippen LogP contribution >= 0.6 is 0 Å². The Kier molecular flexibility index (Phi) is 7.05. The normalized spacial score (nSPS) is 10.3. The van der Waals surface area contributed by atoms with E-state index in [2.05, 4.69) is 0 Å². The molecule has 0 aliphatic carbocycles. The molecule has 142 valence electrons. The van der Waals surface area contributed by atoms with Gasteiger partial charge in [-0.3, -0.25) is 14.9 Å². The van der Waals surface area contributed by atoms with Crippen molar-refractivity contribution in [3.63, 3.8) is 0 Å². The van der Waals surface area contributed by atoms with Crippen LogP contribution < -0.4 is 4.74 Å². The number of hydrogen-bond acceptors (Lipinski definition) is 6. The summed E-state index contributed by atoms with van der Waals surface area (Å²) < 4.78 is 10.2. The number of ether oxygens (including phenoxy) is 2. The fourth-order valence-electron chi connectivity index (χ4n) is 2.48. The summed E-state index contributed by atoms with van der Waals surface area (Å²) in [7, 11) is 0. The van der Waals surface area contributed by atoms with Gasteiger partial charge in [-0.15, -0.1) is 0 Å². The molecule has 0 saturated carbocycles. The molecule has 0 atom stereocenters. The molecule has 7 heteroatoms. The van der Waals surface area contributed by atoms with Crippen molar-refractivity contribution in [3.05, 3.63) is 69.3 Å². The van der Waals surface area contributed by atoms with Crippen molar-refractivity contribution in [1.29, 1.82) is 0 Å². The van der Waals surface area contributed by atoms with Crippen molar-refractivity contribution in [2.45, 2.75) is 26.7 Å². The number of benzene rings is 2. The first-order valence-electron chi connectivity index (χ1n) is 8.62. The second kappa shape index (κ2) is 9.47. The van der Waals surface area contributed by atoms with Crippen molar-refractivity contribution in [2.24, 2.45) is 0 Å². The van der Waals surface area contributed by atoms with E-state index in [9.17, 15) is 19.7 Å². The van der Waals surface area contributed by atoms with E-state index in [0.29, 0.717) is 17.7 Å². The van der Waals surface area contributed by atoms with E-state index in [1.54, 1.807) is 0 Å². The fraction of sp³-hybridized carbons (Fsp3) is 0.300. The highest BCUT2D eigenvalue weighted by molar-refractivity contribution is 5.99. The smallest absolute Gasteiger partial charge is 0.344 e. The Morgan fingerprint density at radius 2 is 1.70 bits per heavy atom. The number of non-ortho nitro benzene ring substituents is 1. The molecular weight excluding hydrogens is 350 g/mol. The molecule has 0 aliphatic heterocycles. The summed E-state index contributed by atoms with van der Waals surface area (Å²) in [6.45, 7) is 3.22. The van der Waals surface area contributed by atoms with Crippen molar-refractivity contribution in [1.82, 2.24) is 0 Å². The van der Waals surface area contributed by atoms with Gasteiger partial charge in [-0.1, -0.05) is 26.0 Å². The number of carbonyl (C=O) groups is 2. The van der Waals surface area contributed by atoms with Crippen LogP contribution in [0.5, 0.6) is 5.75 Å². The first-order valence-corrected chi connectivity index (χ1v) is 8.62. The summed E-state index contributed by atoms with van der Waals surface area (Å²) in [5, 5.41) is 10.6. The fourth-order valence-corrected chi connectivity index (χ4v) is 2.48. The lowest BCUT2D eigenvalue weighted by atomic mass is 9.98. The molecule has 0 spiro atoms. The van der Waals surface area contributed by atoms with Gasteiger partial charge in [0.15, 0.2) is 13.2 Å². The van der Waals surface area contributed by atoms with Crippen LogP contribution in [0.1, 0.15) is 35.3 Å². The van der Waals surface area contributed by atoms with Crippen LogP contribution in [0.25, 0.3) is 0 Å². The van der Waals surface area contributed by atoms with Gasteiger partial charge in [0.1, 0.15) is 5.75 Å². The zero-order valence-corrected chi connectivity index (χ0v) is 15.3. The Balaban J connectivity index is 1.88. The minimum atomic E-state index is -0.689. The van der Waals surface area contributed by atoms with Gasteiger partial charge in [-0.25, -0.2) is 4.79 Å². The minimum absolute atomic E-state index is 0.0726. The molecule has 0 heterocycles. The van der Waals surface area contributed by atoms with Crippen LogP contribution in [-0.4, -0.2) is 29.9 Å². The maximum absolute atomic E-state index is 12.4. The number of nitro benzene ring substituents is 1. The van der Waals surface area contributed by atoms with Crippen LogP contribution in [0.4, 0.5) is 5.69 Å². The number of nitro groups is 1. The molecule has 2 rings (SSSR count). The molecule has 7 nitrogen and oxygen atoms in total. The van der Waals surface area contributed by atoms with Crippen LogP contribution in [0, 0.1) is 10.1 Å². The molecule has 0 N–H and O–H groups in total. The number of carbonyl (C=O) groups excluding carboxylic acids is 2. The van der Waals surface area contributed by atoms with E-state index >= 15 is 0 Å². The topological polar surface area (TPSA) is 95.7 Å². The van der Waals surface area contributed by atoms with E-state index in [-0.39, 0.29) is 24.7 Å². The molecule has 0 aromatic heterocycles. The summed E-state index contributed by atoms with van der Waals surface area (Å²) >= 11 is 0. The maximum Gasteiger partial charge on any atom is 0.344 e. The van der Waals surface area contributed by atoms with E-state index in [1.165, 1.54) is 24.3 Å². The Morgan fingerprint density at radius 1 is 1.00 bits per heavy atom. The van der Waals surface area contributed by atoms with Crippen molar-refractivity contribution in [3.8, 4) is 5.75 Å². The van der Waals surface area contributed by atoms with Gasteiger partial charge in [0.05, 0.1) is 4.92 Å². The van der Waals surface area contributed by atoms with Crippen LogP contribution in [0.15, 0.2) is 42.5 Å². The van der Waals surface area contributed by atoms with Crippen LogP contribution in [0.3, 0.4) is 0 Å². The van der Waals surface area contributed by atoms with Gasteiger partial charge in [0, 0.05) is 17.7 Å². The Labute approximate surface area is 157 Å². The number of esters is 1. The molecule has 0 fully saturated rings. The largest absolute Gasteiger partial charge is 0.482 e. The van der Waals surface area contributed by atoms with Gasteiger partial charge >= 0.3 is 5.97 Å². The van der Waals surface area contributed by atoms with E-state index in [4.69, 9.17) is 9.47 Å². The third kappa shape index (κ3) is 5.64. The minimum Gasteiger partial charge on any atom is -0.482 e. The molecule has 27 heavy (non-hydrogen) atoms. The third-order valence-electron chi connectivity index (χ3n) is 4.03. The average Bonchev–Trinajstić information content (AvgIpc) is 2.70. The quantitative estimate of drug-likeness (QED) is 0.290. The van der Waals surface area contributed by atoms with E-state index in [1.807, 2.05) is 32.0 Å². The van der Waals surface area contributed by atoms with Gasteiger partial charge in [0.25, 0.3) is 5.69 Å². The second-order valence-corrected chi connectivity index (χ2v) is 5.82. The summed E-state index contributed by atoms with van der Waals surface area (Å²) in [5.41, 5.74) is 2.45. The lowest BCUT2D eigenvalue weighted by Crippen LogP contribution is -2.20. The lowest BCUT2D eigenvalue weighted by molar-refractivity contribution is -0.384. The molecule has 0 saturated heterocycles. The highest BCUT2D eigenvalue weighted by atomic mass is 16.6. The van der Waals surface area contributed by atoms with Crippen molar-refractivity contribution < 1.29 is 24.0 Å².